The molecule has 0 aliphatic carbocycles. The molecule has 2 N–H and O–H groups in total. The number of aromatic hydroxyl groups is 1. The van der Waals surface area contributed by atoms with Crippen LogP contribution in [0.5, 0.6) is 5.75 Å². The van der Waals surface area contributed by atoms with Crippen LogP contribution >= 0.6 is 11.6 Å². The first-order chi connectivity index (χ1) is 8.91. The average Bonchev–Trinajstić information content (AvgIpc) is 2.32. The normalized spacial score (nSPS) is 10.4. The number of aromatic nitrogens is 1. The standard InChI is InChI=1S/C13H10ClNO4/c1-7-3-2-4-9(12(7)14)15-10(13(18)19)5-8(16)6-11(15)17/h2-6,16H,1H3,(H,18,19). The molecular formula is C13H10ClNO4. The lowest BCUT2D eigenvalue weighted by atomic mass is 10.2. The van der Waals surface area contributed by atoms with Crippen molar-refractivity contribution in [2.75, 3.05) is 0 Å². The number of benzene rings is 1. The minimum absolute atomic E-state index is 0.268. The number of nitrogens with zero attached hydrogens (tertiary/aromatic N) is 1. The van der Waals surface area contributed by atoms with Crippen molar-refractivity contribution < 1.29 is 15.0 Å². The van der Waals surface area contributed by atoms with Crippen molar-refractivity contribution in [1.82, 2.24) is 4.57 Å². The van der Waals surface area contributed by atoms with Gasteiger partial charge < -0.3 is 10.2 Å². The number of aryl methyl sites for hydroxylation is 1. The average molecular weight is 280 g/mol. The monoisotopic (exact) mass is 279 g/mol. The topological polar surface area (TPSA) is 79.5 Å². The minimum Gasteiger partial charge on any atom is -0.508 e. The second kappa shape index (κ2) is 4.78. The first-order valence-electron chi connectivity index (χ1n) is 5.36. The number of carboxylic acids is 1. The molecule has 2 aromatic rings. The van der Waals surface area contributed by atoms with Gasteiger partial charge in [0.1, 0.15) is 11.4 Å². The van der Waals surface area contributed by atoms with Crippen LogP contribution in [0.15, 0.2) is 35.1 Å². The Morgan fingerprint density at radius 1 is 1.32 bits per heavy atom. The molecule has 0 fully saturated rings. The first kappa shape index (κ1) is 13.2. The lowest BCUT2D eigenvalue weighted by Gasteiger charge is -2.12. The highest BCUT2D eigenvalue weighted by atomic mass is 35.5. The maximum Gasteiger partial charge on any atom is 0.353 e. The number of pyridine rings is 1. The molecule has 0 saturated heterocycles. The fourth-order valence-corrected chi connectivity index (χ4v) is 1.98. The van der Waals surface area contributed by atoms with Gasteiger partial charge in [0.15, 0.2) is 0 Å². The summed E-state index contributed by atoms with van der Waals surface area (Å²) in [6.45, 7) is 1.75. The van der Waals surface area contributed by atoms with Crippen LogP contribution in [0.4, 0.5) is 0 Å². The zero-order valence-corrected chi connectivity index (χ0v) is 10.7. The molecule has 5 nitrogen and oxygen atoms in total. The zero-order chi connectivity index (χ0) is 14.2. The van der Waals surface area contributed by atoms with Crippen molar-refractivity contribution >= 4 is 17.6 Å². The number of carbonyl (C=O) groups is 1. The van der Waals surface area contributed by atoms with Crippen LogP contribution in [0.2, 0.25) is 5.02 Å². The summed E-state index contributed by atoms with van der Waals surface area (Å²) in [6.07, 6.45) is 0. The third-order valence-electron chi connectivity index (χ3n) is 2.65. The van der Waals surface area contributed by atoms with Gasteiger partial charge in [-0.25, -0.2) is 4.79 Å². The zero-order valence-electron chi connectivity index (χ0n) is 9.92. The molecule has 0 amide bonds. The van der Waals surface area contributed by atoms with Gasteiger partial charge in [-0.1, -0.05) is 23.7 Å². The predicted molar refractivity (Wildman–Crippen MR) is 70.4 cm³/mol. The lowest BCUT2D eigenvalue weighted by Crippen LogP contribution is -2.23. The van der Waals surface area contributed by atoms with Crippen LogP contribution in [0.25, 0.3) is 5.69 Å². The molecule has 0 unspecified atom stereocenters. The second-order valence-electron chi connectivity index (χ2n) is 3.99. The Balaban J connectivity index is 2.86. The fourth-order valence-electron chi connectivity index (χ4n) is 1.77. The summed E-state index contributed by atoms with van der Waals surface area (Å²) in [4.78, 5) is 23.1. The van der Waals surface area contributed by atoms with Gasteiger partial charge >= 0.3 is 5.97 Å². The molecule has 0 aliphatic heterocycles. The lowest BCUT2D eigenvalue weighted by molar-refractivity contribution is 0.0686. The molecule has 0 radical (unpaired) electrons. The fraction of sp³-hybridized carbons (Fsp3) is 0.0769. The summed E-state index contributed by atoms with van der Waals surface area (Å²) in [5.41, 5.74) is -0.0260. The van der Waals surface area contributed by atoms with E-state index >= 15 is 0 Å². The Bertz CT molecular complexity index is 721. The summed E-state index contributed by atoms with van der Waals surface area (Å²) in [5.74, 6) is -1.73. The number of hydrogen-bond donors (Lipinski definition) is 2. The molecule has 6 heteroatoms. The van der Waals surface area contributed by atoms with Gasteiger partial charge in [-0.05, 0) is 18.6 Å². The summed E-state index contributed by atoms with van der Waals surface area (Å²) in [7, 11) is 0. The highest BCUT2D eigenvalue weighted by Crippen LogP contribution is 2.24. The van der Waals surface area contributed by atoms with E-state index in [1.807, 2.05) is 0 Å². The summed E-state index contributed by atoms with van der Waals surface area (Å²) in [5, 5.41) is 18.7. The molecular weight excluding hydrogens is 270 g/mol. The van der Waals surface area contributed by atoms with Gasteiger partial charge in [0, 0.05) is 12.1 Å². The molecule has 0 saturated carbocycles. The summed E-state index contributed by atoms with van der Waals surface area (Å²) >= 11 is 6.10. The van der Waals surface area contributed by atoms with Gasteiger partial charge in [0.25, 0.3) is 5.56 Å². The van der Waals surface area contributed by atoms with E-state index in [-0.39, 0.29) is 16.4 Å². The van der Waals surface area contributed by atoms with Crippen LogP contribution in [-0.2, 0) is 0 Å². The number of hydrogen-bond acceptors (Lipinski definition) is 3. The van der Waals surface area contributed by atoms with E-state index in [1.54, 1.807) is 25.1 Å². The largest absolute Gasteiger partial charge is 0.508 e. The Morgan fingerprint density at radius 3 is 2.63 bits per heavy atom. The molecule has 0 bridgehead atoms. The Hall–Kier alpha value is -2.27. The number of halogens is 1. The van der Waals surface area contributed by atoms with Crippen LogP contribution in [0.3, 0.4) is 0 Å². The first-order valence-corrected chi connectivity index (χ1v) is 5.74. The predicted octanol–water partition coefficient (Wildman–Crippen LogP) is 2.20. The summed E-state index contributed by atoms with van der Waals surface area (Å²) < 4.78 is 0.956. The number of carboxylic acid groups (broad SMARTS) is 1. The molecule has 98 valence electrons. The minimum atomic E-state index is -1.33. The Labute approximate surface area is 113 Å². The van der Waals surface area contributed by atoms with Crippen molar-refractivity contribution in [3.05, 3.63) is 57.0 Å². The van der Waals surface area contributed by atoms with Crippen molar-refractivity contribution in [2.45, 2.75) is 6.92 Å². The van der Waals surface area contributed by atoms with E-state index in [2.05, 4.69) is 0 Å². The third-order valence-corrected chi connectivity index (χ3v) is 3.14. The van der Waals surface area contributed by atoms with E-state index in [4.69, 9.17) is 16.7 Å². The molecule has 0 spiro atoms. The molecule has 2 rings (SSSR count). The van der Waals surface area contributed by atoms with E-state index < -0.39 is 17.3 Å². The van der Waals surface area contributed by atoms with Crippen LogP contribution < -0.4 is 5.56 Å². The number of aromatic carboxylic acids is 1. The highest BCUT2D eigenvalue weighted by molar-refractivity contribution is 6.33. The van der Waals surface area contributed by atoms with Crippen molar-refractivity contribution in [3.63, 3.8) is 0 Å². The van der Waals surface area contributed by atoms with E-state index in [0.717, 1.165) is 22.3 Å². The maximum atomic E-state index is 11.9. The number of rotatable bonds is 2. The Morgan fingerprint density at radius 2 is 2.00 bits per heavy atom. The quantitative estimate of drug-likeness (QED) is 0.883. The van der Waals surface area contributed by atoms with Gasteiger partial charge in [-0.3, -0.25) is 9.36 Å². The SMILES string of the molecule is Cc1cccc(-n2c(C(=O)O)cc(O)cc2=O)c1Cl. The maximum absolute atomic E-state index is 11.9. The molecule has 0 aliphatic rings. The third kappa shape index (κ3) is 2.32. The van der Waals surface area contributed by atoms with Gasteiger partial charge in [-0.2, -0.15) is 0 Å². The highest BCUT2D eigenvalue weighted by Gasteiger charge is 2.17. The van der Waals surface area contributed by atoms with Crippen molar-refractivity contribution in [3.8, 4) is 11.4 Å². The Kier molecular flexibility index (Phi) is 3.31. The molecule has 1 aromatic heterocycles. The van der Waals surface area contributed by atoms with Gasteiger partial charge in [0.05, 0.1) is 10.7 Å². The second-order valence-corrected chi connectivity index (χ2v) is 4.36. The van der Waals surface area contributed by atoms with Crippen LogP contribution in [-0.4, -0.2) is 20.7 Å². The molecule has 19 heavy (non-hydrogen) atoms. The smallest absolute Gasteiger partial charge is 0.353 e. The summed E-state index contributed by atoms with van der Waals surface area (Å²) in [6, 6.07) is 6.90. The van der Waals surface area contributed by atoms with Gasteiger partial charge in [-0.15, -0.1) is 0 Å². The van der Waals surface area contributed by atoms with Crippen molar-refractivity contribution in [2.24, 2.45) is 0 Å². The van der Waals surface area contributed by atoms with Crippen LogP contribution in [0, 0.1) is 6.92 Å². The van der Waals surface area contributed by atoms with Crippen molar-refractivity contribution in [1.29, 1.82) is 0 Å². The van der Waals surface area contributed by atoms with E-state index in [1.165, 1.54) is 0 Å². The molecule has 1 aromatic carbocycles. The van der Waals surface area contributed by atoms with E-state index in [0.29, 0.717) is 0 Å². The molecule has 1 heterocycles. The van der Waals surface area contributed by atoms with Crippen LogP contribution in [0.1, 0.15) is 16.1 Å². The molecule has 0 atom stereocenters. The van der Waals surface area contributed by atoms with Gasteiger partial charge in [0.2, 0.25) is 0 Å². The van der Waals surface area contributed by atoms with E-state index in [9.17, 15) is 14.7 Å².